The van der Waals surface area contributed by atoms with E-state index in [4.69, 9.17) is 9.97 Å². The average molecular weight is 598 g/mol. The lowest BCUT2D eigenvalue weighted by molar-refractivity contribution is -0.121. The highest BCUT2D eigenvalue weighted by atomic mass is 16.1. The molecule has 2 aromatic heterocycles. The van der Waals surface area contributed by atoms with E-state index >= 15 is 0 Å². The molecule has 4 rings (SSSR count). The van der Waals surface area contributed by atoms with E-state index in [1.165, 1.54) is 50.5 Å². The molecule has 2 N–H and O–H groups in total. The van der Waals surface area contributed by atoms with Crippen LogP contribution in [-0.4, -0.2) is 26.0 Å². The fraction of sp³-hybridized carbons (Fsp3) is 0.553. The number of fused-ring (bicyclic) bond motifs is 3. The van der Waals surface area contributed by atoms with Crippen molar-refractivity contribution >= 4 is 33.7 Å². The van der Waals surface area contributed by atoms with Gasteiger partial charge in [-0.15, -0.1) is 0 Å². The second-order valence-corrected chi connectivity index (χ2v) is 13.4. The Labute approximate surface area is 265 Å². The van der Waals surface area contributed by atoms with Crippen LogP contribution in [0.15, 0.2) is 48.5 Å². The van der Waals surface area contributed by atoms with Crippen LogP contribution >= 0.6 is 0 Å². The summed E-state index contributed by atoms with van der Waals surface area (Å²) >= 11 is 0. The van der Waals surface area contributed by atoms with Crippen molar-refractivity contribution < 1.29 is 4.79 Å². The fourth-order valence-electron chi connectivity index (χ4n) is 5.85. The molecule has 0 aliphatic carbocycles. The summed E-state index contributed by atoms with van der Waals surface area (Å²) in [6.45, 7) is 12.3. The third-order valence-electron chi connectivity index (χ3n) is 8.27. The number of pyridine rings is 1. The Hall–Kier alpha value is -3.41. The molecule has 0 aliphatic heterocycles. The molecule has 2 aromatic carbocycles. The number of aryl methyl sites for hydroxylation is 1. The van der Waals surface area contributed by atoms with E-state index in [1.807, 2.05) is 0 Å². The predicted molar refractivity (Wildman–Crippen MR) is 186 cm³/mol. The molecule has 0 fully saturated rings. The zero-order chi connectivity index (χ0) is 31.4. The first-order chi connectivity index (χ1) is 21.3. The fourth-order valence-corrected chi connectivity index (χ4v) is 5.85. The highest BCUT2D eigenvalue weighted by Gasteiger charge is 2.21. The van der Waals surface area contributed by atoms with Crippen LogP contribution < -0.4 is 10.6 Å². The lowest BCUT2D eigenvalue weighted by atomic mass is 10.1. The molecule has 4 aromatic rings. The Balaban J connectivity index is 1.41. The second kappa shape index (κ2) is 16.6. The molecule has 2 heterocycles. The average Bonchev–Trinajstić information content (AvgIpc) is 3.36. The number of imidazole rings is 1. The topological polar surface area (TPSA) is 71.8 Å². The van der Waals surface area contributed by atoms with Gasteiger partial charge in [-0.1, -0.05) is 114 Å². The smallest absolute Gasteiger partial charge is 0.220 e. The van der Waals surface area contributed by atoms with Crippen molar-refractivity contribution in [2.24, 2.45) is 0 Å². The molecule has 6 nitrogen and oxygen atoms in total. The van der Waals surface area contributed by atoms with Gasteiger partial charge in [0.15, 0.2) is 5.82 Å². The third kappa shape index (κ3) is 9.80. The number of para-hydroxylation sites is 1. The van der Waals surface area contributed by atoms with E-state index in [0.29, 0.717) is 13.0 Å². The van der Waals surface area contributed by atoms with E-state index < -0.39 is 0 Å². The van der Waals surface area contributed by atoms with Crippen LogP contribution in [0.3, 0.4) is 0 Å². The molecule has 0 saturated carbocycles. The van der Waals surface area contributed by atoms with Gasteiger partial charge in [-0.3, -0.25) is 4.79 Å². The summed E-state index contributed by atoms with van der Waals surface area (Å²) in [6.07, 6.45) is 15.2. The Bertz CT molecular complexity index is 1460. The molecular formula is C38H55N5O. The number of carbonyl (C=O) groups is 1. The number of unbranched alkanes of at least 4 members (excludes halogenated alkanes) is 9. The third-order valence-corrected chi connectivity index (χ3v) is 8.27. The van der Waals surface area contributed by atoms with Gasteiger partial charge in [-0.05, 0) is 50.8 Å². The number of carbonyl (C=O) groups excluding carboxylic acids is 1. The standard InChI is InChI=1S/C38H55N5O/c1-6-8-10-11-12-13-14-15-16-22-34(44)39-27-29-23-25-30(26-24-29)28-43-33(21-9-7-2)41-35-36(43)31-19-17-18-20-32(31)40-37(35)42-38(3,4)5/h17-20,23-26H,6-16,21-22,27-28H2,1-5H3,(H,39,44)(H,40,42). The first kappa shape index (κ1) is 33.5. The molecule has 0 radical (unpaired) electrons. The highest BCUT2D eigenvalue weighted by Crippen LogP contribution is 2.32. The molecule has 0 saturated heterocycles. The van der Waals surface area contributed by atoms with Crippen LogP contribution in [0, 0.1) is 0 Å². The number of nitrogens with one attached hydrogen (secondary N) is 2. The first-order valence-electron chi connectivity index (χ1n) is 17.2. The Kier molecular flexibility index (Phi) is 12.6. The van der Waals surface area contributed by atoms with Gasteiger partial charge in [-0.25, -0.2) is 9.97 Å². The van der Waals surface area contributed by atoms with Crippen molar-refractivity contribution in [1.82, 2.24) is 19.9 Å². The maximum atomic E-state index is 12.4. The van der Waals surface area contributed by atoms with Crippen molar-refractivity contribution in [2.75, 3.05) is 5.32 Å². The summed E-state index contributed by atoms with van der Waals surface area (Å²) in [5.41, 5.74) is 5.27. The summed E-state index contributed by atoms with van der Waals surface area (Å²) in [7, 11) is 0. The van der Waals surface area contributed by atoms with Gasteiger partial charge in [0, 0.05) is 36.9 Å². The number of amides is 1. The van der Waals surface area contributed by atoms with Gasteiger partial charge in [0.05, 0.1) is 11.0 Å². The molecule has 44 heavy (non-hydrogen) atoms. The number of rotatable bonds is 18. The van der Waals surface area contributed by atoms with E-state index in [1.54, 1.807) is 0 Å². The minimum Gasteiger partial charge on any atom is -0.364 e. The maximum Gasteiger partial charge on any atom is 0.220 e. The van der Waals surface area contributed by atoms with Gasteiger partial charge in [0.1, 0.15) is 11.3 Å². The summed E-state index contributed by atoms with van der Waals surface area (Å²) < 4.78 is 2.39. The van der Waals surface area contributed by atoms with Crippen molar-refractivity contribution in [3.05, 3.63) is 65.5 Å². The van der Waals surface area contributed by atoms with E-state index in [0.717, 1.165) is 77.8 Å². The van der Waals surface area contributed by atoms with Crippen LogP contribution in [0.25, 0.3) is 21.9 Å². The number of benzene rings is 2. The molecule has 0 spiro atoms. The number of hydrogen-bond donors (Lipinski definition) is 2. The monoisotopic (exact) mass is 597 g/mol. The number of anilines is 1. The van der Waals surface area contributed by atoms with Crippen LogP contribution in [0.4, 0.5) is 5.82 Å². The summed E-state index contributed by atoms with van der Waals surface area (Å²) in [4.78, 5) is 22.6. The molecule has 0 atom stereocenters. The molecule has 238 valence electrons. The molecule has 0 aliphatic rings. The highest BCUT2D eigenvalue weighted by molar-refractivity contribution is 6.07. The Morgan fingerprint density at radius 3 is 2.09 bits per heavy atom. The van der Waals surface area contributed by atoms with Crippen molar-refractivity contribution in [1.29, 1.82) is 0 Å². The quantitative estimate of drug-likeness (QED) is 0.112. The van der Waals surface area contributed by atoms with Crippen LogP contribution in [0.2, 0.25) is 0 Å². The van der Waals surface area contributed by atoms with Crippen molar-refractivity contribution in [2.45, 2.75) is 137 Å². The Morgan fingerprint density at radius 1 is 0.773 bits per heavy atom. The SMILES string of the molecule is CCCCCCCCCCCC(=O)NCc1ccc(Cn2c(CCCC)nc3c(NC(C)(C)C)nc4ccccc4c32)cc1. The largest absolute Gasteiger partial charge is 0.364 e. The molecule has 0 bridgehead atoms. The van der Waals surface area contributed by atoms with Crippen LogP contribution in [0.5, 0.6) is 0 Å². The van der Waals surface area contributed by atoms with Gasteiger partial charge in [0.25, 0.3) is 0 Å². The normalized spacial score (nSPS) is 11.8. The van der Waals surface area contributed by atoms with Crippen LogP contribution in [-0.2, 0) is 24.3 Å². The number of nitrogens with zero attached hydrogens (tertiary/aromatic N) is 3. The number of hydrogen-bond acceptors (Lipinski definition) is 4. The minimum atomic E-state index is -0.130. The minimum absolute atomic E-state index is 0.130. The van der Waals surface area contributed by atoms with Gasteiger partial charge in [0.2, 0.25) is 5.91 Å². The molecule has 0 unspecified atom stereocenters. The lowest BCUT2D eigenvalue weighted by Crippen LogP contribution is -2.26. The molecule has 6 heteroatoms. The summed E-state index contributed by atoms with van der Waals surface area (Å²) in [6, 6.07) is 17.1. The zero-order valence-corrected chi connectivity index (χ0v) is 28.0. The van der Waals surface area contributed by atoms with E-state index in [2.05, 4.69) is 98.4 Å². The first-order valence-corrected chi connectivity index (χ1v) is 17.2. The molecular weight excluding hydrogens is 542 g/mol. The summed E-state index contributed by atoms with van der Waals surface area (Å²) in [5.74, 6) is 2.10. The Morgan fingerprint density at radius 2 is 1.41 bits per heavy atom. The molecule has 1 amide bonds. The van der Waals surface area contributed by atoms with Crippen molar-refractivity contribution in [3.63, 3.8) is 0 Å². The zero-order valence-electron chi connectivity index (χ0n) is 28.0. The summed E-state index contributed by atoms with van der Waals surface area (Å²) in [5, 5.41) is 7.87. The lowest BCUT2D eigenvalue weighted by Gasteiger charge is -2.22. The van der Waals surface area contributed by atoms with E-state index in [-0.39, 0.29) is 11.4 Å². The predicted octanol–water partition coefficient (Wildman–Crippen LogP) is 9.72. The second-order valence-electron chi connectivity index (χ2n) is 13.4. The van der Waals surface area contributed by atoms with Crippen molar-refractivity contribution in [3.8, 4) is 0 Å². The number of aromatic nitrogens is 3. The van der Waals surface area contributed by atoms with Gasteiger partial charge >= 0.3 is 0 Å². The van der Waals surface area contributed by atoms with Gasteiger partial charge < -0.3 is 15.2 Å². The van der Waals surface area contributed by atoms with Gasteiger partial charge in [-0.2, -0.15) is 0 Å². The van der Waals surface area contributed by atoms with E-state index in [9.17, 15) is 4.79 Å². The van der Waals surface area contributed by atoms with Crippen LogP contribution in [0.1, 0.15) is 129 Å². The maximum absolute atomic E-state index is 12.4.